The fraction of sp³-hybridized carbons (Fsp3) is 0.857. The minimum absolute atomic E-state index is 0.0451. The number of rotatable bonds is 5. The van der Waals surface area contributed by atoms with E-state index in [9.17, 15) is 9.59 Å². The maximum absolute atomic E-state index is 11.9. The van der Waals surface area contributed by atoms with E-state index in [4.69, 9.17) is 4.74 Å². The fourth-order valence-electron chi connectivity index (χ4n) is 1.94. The molecule has 2 amide bonds. The Morgan fingerprint density at radius 3 is 2.40 bits per heavy atom. The molecule has 0 saturated carbocycles. The van der Waals surface area contributed by atoms with Gasteiger partial charge in [-0.3, -0.25) is 9.59 Å². The molecule has 0 aromatic heterocycles. The van der Waals surface area contributed by atoms with Crippen LogP contribution in [0.3, 0.4) is 0 Å². The van der Waals surface area contributed by atoms with Crippen LogP contribution in [0.1, 0.15) is 34.1 Å². The van der Waals surface area contributed by atoms with Gasteiger partial charge in [-0.15, -0.1) is 0 Å². The topological polar surface area (TPSA) is 70.7 Å². The third kappa shape index (κ3) is 6.34. The van der Waals surface area contributed by atoms with E-state index in [0.29, 0.717) is 39.3 Å². The van der Waals surface area contributed by atoms with E-state index >= 15 is 0 Å². The summed E-state index contributed by atoms with van der Waals surface area (Å²) in [7, 11) is 0. The normalized spacial score (nSPS) is 17.7. The summed E-state index contributed by atoms with van der Waals surface area (Å²) in [4.78, 5) is 25.6. The lowest BCUT2D eigenvalue weighted by molar-refractivity contribution is -0.135. The summed E-state index contributed by atoms with van der Waals surface area (Å²) in [5, 5.41) is 5.99. The van der Waals surface area contributed by atoms with Crippen molar-refractivity contribution in [1.29, 1.82) is 0 Å². The molecule has 20 heavy (non-hydrogen) atoms. The smallest absolute Gasteiger partial charge is 0.237 e. The van der Waals surface area contributed by atoms with Crippen molar-refractivity contribution in [2.45, 2.75) is 45.7 Å². The molecule has 0 radical (unpaired) electrons. The summed E-state index contributed by atoms with van der Waals surface area (Å²) in [5.41, 5.74) is -0.239. The highest BCUT2D eigenvalue weighted by atomic mass is 16.5. The van der Waals surface area contributed by atoms with Gasteiger partial charge in [-0.05, 0) is 27.7 Å². The number of carbonyl (C=O) groups excluding carboxylic acids is 2. The first-order valence-electron chi connectivity index (χ1n) is 7.20. The Labute approximate surface area is 121 Å². The monoisotopic (exact) mass is 285 g/mol. The zero-order valence-corrected chi connectivity index (χ0v) is 13.0. The number of carbonyl (C=O) groups is 2. The van der Waals surface area contributed by atoms with E-state index in [1.54, 1.807) is 6.92 Å². The third-order valence-electron chi connectivity index (χ3n) is 3.04. The Balaban J connectivity index is 2.22. The molecule has 0 aromatic rings. The van der Waals surface area contributed by atoms with E-state index in [1.807, 2.05) is 25.7 Å². The molecule has 1 aliphatic rings. The predicted octanol–water partition coefficient (Wildman–Crippen LogP) is 0.128. The van der Waals surface area contributed by atoms with Crippen molar-refractivity contribution in [3.63, 3.8) is 0 Å². The van der Waals surface area contributed by atoms with E-state index in [0.717, 1.165) is 0 Å². The number of morpholine rings is 1. The minimum Gasteiger partial charge on any atom is -0.378 e. The highest BCUT2D eigenvalue weighted by molar-refractivity contribution is 5.82. The van der Waals surface area contributed by atoms with Crippen molar-refractivity contribution in [2.75, 3.05) is 32.8 Å². The largest absolute Gasteiger partial charge is 0.378 e. The van der Waals surface area contributed by atoms with Gasteiger partial charge < -0.3 is 20.3 Å². The maximum Gasteiger partial charge on any atom is 0.237 e. The van der Waals surface area contributed by atoms with Crippen LogP contribution in [0.25, 0.3) is 0 Å². The van der Waals surface area contributed by atoms with Crippen molar-refractivity contribution in [1.82, 2.24) is 15.5 Å². The average Bonchev–Trinajstić information content (AvgIpc) is 2.37. The van der Waals surface area contributed by atoms with Crippen LogP contribution >= 0.6 is 0 Å². The van der Waals surface area contributed by atoms with Crippen LogP contribution in [0.4, 0.5) is 0 Å². The van der Waals surface area contributed by atoms with Gasteiger partial charge in [0.15, 0.2) is 0 Å². The quantitative estimate of drug-likeness (QED) is 0.753. The molecule has 1 atom stereocenters. The van der Waals surface area contributed by atoms with E-state index in [-0.39, 0.29) is 23.4 Å². The van der Waals surface area contributed by atoms with E-state index < -0.39 is 0 Å². The van der Waals surface area contributed by atoms with Gasteiger partial charge in [0.2, 0.25) is 11.8 Å². The highest BCUT2D eigenvalue weighted by Gasteiger charge is 2.20. The van der Waals surface area contributed by atoms with Gasteiger partial charge >= 0.3 is 0 Å². The number of nitrogens with one attached hydrogen (secondary N) is 2. The van der Waals surface area contributed by atoms with Crippen molar-refractivity contribution in [3.05, 3.63) is 0 Å². The Morgan fingerprint density at radius 2 is 1.85 bits per heavy atom. The van der Waals surface area contributed by atoms with Crippen LogP contribution in [0.2, 0.25) is 0 Å². The lowest BCUT2D eigenvalue weighted by Gasteiger charge is -2.27. The van der Waals surface area contributed by atoms with Crippen LogP contribution in [-0.2, 0) is 14.3 Å². The lowest BCUT2D eigenvalue weighted by atomic mass is 10.1. The summed E-state index contributed by atoms with van der Waals surface area (Å²) in [6.07, 6.45) is 0.410. The first kappa shape index (κ1) is 16.9. The Hall–Kier alpha value is -1.14. The molecule has 0 bridgehead atoms. The SMILES string of the molecule is CC(NCCC(=O)N1CCOCC1)C(=O)NC(C)(C)C. The number of hydrogen-bond donors (Lipinski definition) is 2. The Morgan fingerprint density at radius 1 is 1.25 bits per heavy atom. The summed E-state index contributed by atoms with van der Waals surface area (Å²) in [5.74, 6) is 0.0700. The highest BCUT2D eigenvalue weighted by Crippen LogP contribution is 2.01. The number of amides is 2. The molecule has 116 valence electrons. The van der Waals surface area contributed by atoms with Gasteiger partial charge in [-0.25, -0.2) is 0 Å². The molecule has 0 aliphatic carbocycles. The van der Waals surface area contributed by atoms with E-state index in [1.165, 1.54) is 0 Å². The standard InChI is InChI=1S/C14H27N3O3/c1-11(13(19)16-14(2,3)4)15-6-5-12(18)17-7-9-20-10-8-17/h11,15H,5-10H2,1-4H3,(H,16,19). The molecule has 0 spiro atoms. The molecule has 1 rings (SSSR count). The second kappa shape index (κ2) is 7.59. The van der Waals surface area contributed by atoms with Crippen LogP contribution in [0, 0.1) is 0 Å². The number of ether oxygens (including phenoxy) is 1. The van der Waals surface area contributed by atoms with Gasteiger partial charge in [0.1, 0.15) is 0 Å². The molecule has 2 N–H and O–H groups in total. The molecule has 1 saturated heterocycles. The van der Waals surface area contributed by atoms with Crippen LogP contribution in [-0.4, -0.2) is 61.1 Å². The Bertz CT molecular complexity index is 333. The second-order valence-electron chi connectivity index (χ2n) is 6.16. The van der Waals surface area contributed by atoms with Crippen LogP contribution in [0.15, 0.2) is 0 Å². The molecular weight excluding hydrogens is 258 g/mol. The van der Waals surface area contributed by atoms with Crippen molar-refractivity contribution < 1.29 is 14.3 Å². The maximum atomic E-state index is 11.9. The van der Waals surface area contributed by atoms with Gasteiger partial charge in [0, 0.05) is 31.6 Å². The zero-order valence-electron chi connectivity index (χ0n) is 13.0. The molecule has 1 fully saturated rings. The summed E-state index contributed by atoms with van der Waals surface area (Å²) < 4.78 is 5.21. The van der Waals surface area contributed by atoms with Gasteiger partial charge in [0.05, 0.1) is 19.3 Å². The third-order valence-corrected chi connectivity index (χ3v) is 3.04. The van der Waals surface area contributed by atoms with Crippen LogP contribution in [0.5, 0.6) is 0 Å². The van der Waals surface area contributed by atoms with Crippen LogP contribution < -0.4 is 10.6 Å². The minimum atomic E-state index is -0.299. The zero-order chi connectivity index (χ0) is 15.2. The molecular formula is C14H27N3O3. The predicted molar refractivity (Wildman–Crippen MR) is 77.4 cm³/mol. The first-order chi connectivity index (χ1) is 9.29. The van der Waals surface area contributed by atoms with Gasteiger partial charge in [-0.1, -0.05) is 0 Å². The van der Waals surface area contributed by atoms with Gasteiger partial charge in [0.25, 0.3) is 0 Å². The molecule has 1 unspecified atom stereocenters. The lowest BCUT2D eigenvalue weighted by Crippen LogP contribution is -2.50. The Kier molecular flexibility index (Phi) is 6.42. The molecule has 1 aliphatic heterocycles. The summed E-state index contributed by atoms with van der Waals surface area (Å²) >= 11 is 0. The van der Waals surface area contributed by atoms with Crippen molar-refractivity contribution in [2.24, 2.45) is 0 Å². The molecule has 1 heterocycles. The summed E-state index contributed by atoms with van der Waals surface area (Å²) in [6, 6.07) is -0.299. The average molecular weight is 285 g/mol. The molecule has 0 aromatic carbocycles. The number of nitrogens with zero attached hydrogens (tertiary/aromatic N) is 1. The van der Waals surface area contributed by atoms with E-state index in [2.05, 4.69) is 10.6 Å². The van der Waals surface area contributed by atoms with Gasteiger partial charge in [-0.2, -0.15) is 0 Å². The fourth-order valence-corrected chi connectivity index (χ4v) is 1.94. The molecule has 6 heteroatoms. The molecule has 6 nitrogen and oxygen atoms in total. The van der Waals surface area contributed by atoms with Crippen molar-refractivity contribution >= 4 is 11.8 Å². The summed E-state index contributed by atoms with van der Waals surface area (Å²) in [6.45, 7) is 10.7. The number of hydrogen-bond acceptors (Lipinski definition) is 4. The van der Waals surface area contributed by atoms with Crippen molar-refractivity contribution in [3.8, 4) is 0 Å². The first-order valence-corrected chi connectivity index (χ1v) is 7.20. The second-order valence-corrected chi connectivity index (χ2v) is 6.16.